The molecule has 0 radical (unpaired) electrons. The molecule has 0 aliphatic carbocycles. The highest BCUT2D eigenvalue weighted by Crippen LogP contribution is 2.31. The van der Waals surface area contributed by atoms with Crippen molar-refractivity contribution in [2.24, 2.45) is 17.1 Å². The zero-order chi connectivity index (χ0) is 19.2. The normalized spacial score (nSPS) is 11.2. The number of nitro groups is 1. The van der Waals surface area contributed by atoms with Crippen LogP contribution in [0.25, 0.3) is 0 Å². The molecular weight excluding hydrogens is 374 g/mol. The van der Waals surface area contributed by atoms with E-state index in [-0.39, 0.29) is 29.4 Å². The van der Waals surface area contributed by atoms with Crippen LogP contribution in [0.5, 0.6) is 0 Å². The molecule has 0 bridgehead atoms. The zero-order valence-corrected chi connectivity index (χ0v) is 17.8. The fourth-order valence-corrected chi connectivity index (χ4v) is 3.57. The Bertz CT molecular complexity index is 624. The van der Waals surface area contributed by atoms with Gasteiger partial charge in [0.05, 0.1) is 9.82 Å². The van der Waals surface area contributed by atoms with Gasteiger partial charge in [-0.1, -0.05) is 27.7 Å². The zero-order valence-electron chi connectivity index (χ0n) is 16.2. The minimum absolute atomic E-state index is 0. The van der Waals surface area contributed by atoms with Crippen LogP contribution in [0, 0.1) is 21.4 Å². The number of thioether (sulfide) groups is 1. The lowest BCUT2D eigenvalue weighted by atomic mass is 9.93. The predicted molar refractivity (Wildman–Crippen MR) is 110 cm³/mol. The lowest BCUT2D eigenvalue weighted by molar-refractivity contribution is -0.387. The Hall–Kier alpha value is -1.31. The molecule has 148 valence electrons. The van der Waals surface area contributed by atoms with Gasteiger partial charge in [-0.05, 0) is 42.2 Å². The van der Waals surface area contributed by atoms with Crippen molar-refractivity contribution in [3.8, 4) is 0 Å². The molecule has 6 nitrogen and oxygen atoms in total. The topological polar surface area (TPSA) is 89.5 Å². The molecular formula is C18H30ClN3O3S. The molecule has 0 heterocycles. The molecule has 1 aromatic rings. The van der Waals surface area contributed by atoms with Gasteiger partial charge in [0.1, 0.15) is 0 Å². The minimum Gasteiger partial charge on any atom is -0.341 e. The van der Waals surface area contributed by atoms with Crippen LogP contribution in [0.2, 0.25) is 0 Å². The fourth-order valence-electron chi connectivity index (χ4n) is 2.32. The first-order valence-corrected chi connectivity index (χ1v) is 9.42. The SMILES string of the molecule is CC(C)CCSc1ccc(C(=O)N(C)CC(C)(C)CN)cc1[N+](=O)[O-].Cl. The molecule has 0 fully saturated rings. The average molecular weight is 404 g/mol. The molecule has 0 aliphatic heterocycles. The maximum Gasteiger partial charge on any atom is 0.283 e. The summed E-state index contributed by atoms with van der Waals surface area (Å²) < 4.78 is 0. The van der Waals surface area contributed by atoms with Gasteiger partial charge in [-0.25, -0.2) is 0 Å². The van der Waals surface area contributed by atoms with Crippen molar-refractivity contribution >= 4 is 35.8 Å². The van der Waals surface area contributed by atoms with Crippen molar-refractivity contribution < 1.29 is 9.72 Å². The van der Waals surface area contributed by atoms with E-state index in [0.717, 1.165) is 12.2 Å². The van der Waals surface area contributed by atoms with E-state index in [0.29, 0.717) is 29.5 Å². The summed E-state index contributed by atoms with van der Waals surface area (Å²) in [6, 6.07) is 4.73. The number of benzene rings is 1. The van der Waals surface area contributed by atoms with E-state index in [1.54, 1.807) is 24.1 Å². The lowest BCUT2D eigenvalue weighted by Gasteiger charge is -2.29. The van der Waals surface area contributed by atoms with E-state index >= 15 is 0 Å². The molecule has 0 atom stereocenters. The van der Waals surface area contributed by atoms with Crippen LogP contribution in [-0.4, -0.2) is 41.6 Å². The van der Waals surface area contributed by atoms with Gasteiger partial charge in [-0.2, -0.15) is 0 Å². The fraction of sp³-hybridized carbons (Fsp3) is 0.611. The number of nitrogens with zero attached hydrogens (tertiary/aromatic N) is 2. The number of amides is 1. The highest BCUT2D eigenvalue weighted by molar-refractivity contribution is 7.99. The molecule has 0 saturated carbocycles. The molecule has 1 rings (SSSR count). The molecule has 1 aromatic carbocycles. The van der Waals surface area contributed by atoms with Gasteiger partial charge in [0, 0.05) is 25.2 Å². The smallest absolute Gasteiger partial charge is 0.283 e. The van der Waals surface area contributed by atoms with E-state index in [9.17, 15) is 14.9 Å². The third-order valence-electron chi connectivity index (χ3n) is 3.92. The molecule has 1 amide bonds. The largest absolute Gasteiger partial charge is 0.341 e. The Kier molecular flexibility index (Phi) is 10.2. The van der Waals surface area contributed by atoms with E-state index in [1.807, 2.05) is 13.8 Å². The second-order valence-corrected chi connectivity index (χ2v) is 8.64. The van der Waals surface area contributed by atoms with Crippen molar-refractivity contribution in [3.63, 3.8) is 0 Å². The number of nitro benzene ring substituents is 1. The van der Waals surface area contributed by atoms with Crippen LogP contribution in [0.15, 0.2) is 23.1 Å². The Morgan fingerprint density at radius 2 is 2.00 bits per heavy atom. The second kappa shape index (κ2) is 10.7. The third-order valence-corrected chi connectivity index (χ3v) is 5.02. The van der Waals surface area contributed by atoms with Crippen molar-refractivity contribution in [1.29, 1.82) is 0 Å². The van der Waals surface area contributed by atoms with Gasteiger partial charge in [-0.15, -0.1) is 24.2 Å². The van der Waals surface area contributed by atoms with Crippen molar-refractivity contribution in [1.82, 2.24) is 4.90 Å². The van der Waals surface area contributed by atoms with Gasteiger partial charge in [0.2, 0.25) is 0 Å². The first-order valence-electron chi connectivity index (χ1n) is 8.44. The number of hydrogen-bond acceptors (Lipinski definition) is 5. The van der Waals surface area contributed by atoms with E-state index in [2.05, 4.69) is 13.8 Å². The lowest BCUT2D eigenvalue weighted by Crippen LogP contribution is -2.39. The average Bonchev–Trinajstić information content (AvgIpc) is 2.53. The summed E-state index contributed by atoms with van der Waals surface area (Å²) >= 11 is 1.46. The summed E-state index contributed by atoms with van der Waals surface area (Å²) in [6.07, 6.45) is 0.986. The highest BCUT2D eigenvalue weighted by atomic mass is 35.5. The van der Waals surface area contributed by atoms with Gasteiger partial charge < -0.3 is 10.6 Å². The molecule has 8 heteroatoms. The number of halogens is 1. The second-order valence-electron chi connectivity index (χ2n) is 7.50. The number of carbonyl (C=O) groups is 1. The first kappa shape index (κ1) is 24.7. The van der Waals surface area contributed by atoms with E-state index in [4.69, 9.17) is 5.73 Å². The number of carbonyl (C=O) groups excluding carboxylic acids is 1. The Labute approximate surface area is 166 Å². The van der Waals surface area contributed by atoms with Crippen molar-refractivity contribution in [2.75, 3.05) is 25.9 Å². The maximum atomic E-state index is 12.6. The first-order chi connectivity index (χ1) is 11.6. The Balaban J connectivity index is 0.00000625. The predicted octanol–water partition coefficient (Wildman–Crippen LogP) is 4.21. The van der Waals surface area contributed by atoms with Crippen LogP contribution in [0.3, 0.4) is 0 Å². The van der Waals surface area contributed by atoms with Crippen LogP contribution < -0.4 is 5.73 Å². The summed E-state index contributed by atoms with van der Waals surface area (Å²) in [6.45, 7) is 9.14. The van der Waals surface area contributed by atoms with Crippen LogP contribution in [-0.2, 0) is 0 Å². The van der Waals surface area contributed by atoms with Crippen LogP contribution >= 0.6 is 24.2 Å². The Morgan fingerprint density at radius 3 is 2.50 bits per heavy atom. The summed E-state index contributed by atoms with van der Waals surface area (Å²) in [4.78, 5) is 25.7. The summed E-state index contributed by atoms with van der Waals surface area (Å²) in [5, 5.41) is 11.4. The number of nitrogens with two attached hydrogens (primary N) is 1. The third kappa shape index (κ3) is 7.51. The maximum absolute atomic E-state index is 12.6. The number of rotatable bonds is 9. The molecule has 0 aromatic heterocycles. The van der Waals surface area contributed by atoms with E-state index in [1.165, 1.54) is 17.8 Å². The Morgan fingerprint density at radius 1 is 1.38 bits per heavy atom. The van der Waals surface area contributed by atoms with Crippen molar-refractivity contribution in [3.05, 3.63) is 33.9 Å². The van der Waals surface area contributed by atoms with Crippen molar-refractivity contribution in [2.45, 2.75) is 39.0 Å². The van der Waals surface area contributed by atoms with Gasteiger partial charge >= 0.3 is 0 Å². The molecule has 0 aliphatic rings. The standard InChI is InChI=1S/C18H29N3O3S.ClH/c1-13(2)8-9-25-16-7-6-14(10-15(16)21(23)24)17(22)20(5)12-18(3,4)11-19;/h6-7,10,13H,8-9,11-12,19H2,1-5H3;1H. The quantitative estimate of drug-likeness (QED) is 0.379. The minimum atomic E-state index is -0.418. The molecule has 0 unspecified atom stereocenters. The number of hydrogen-bond donors (Lipinski definition) is 1. The monoisotopic (exact) mass is 403 g/mol. The van der Waals surface area contributed by atoms with Crippen LogP contribution in [0.1, 0.15) is 44.5 Å². The van der Waals surface area contributed by atoms with Crippen LogP contribution in [0.4, 0.5) is 5.69 Å². The molecule has 26 heavy (non-hydrogen) atoms. The molecule has 0 spiro atoms. The summed E-state index contributed by atoms with van der Waals surface area (Å²) in [5.74, 6) is 1.13. The van der Waals surface area contributed by atoms with E-state index < -0.39 is 4.92 Å². The van der Waals surface area contributed by atoms with Gasteiger partial charge in [0.25, 0.3) is 11.6 Å². The van der Waals surface area contributed by atoms with Gasteiger partial charge in [0.15, 0.2) is 0 Å². The van der Waals surface area contributed by atoms with Gasteiger partial charge in [-0.3, -0.25) is 14.9 Å². The summed E-state index contributed by atoms with van der Waals surface area (Å²) in [5.41, 5.74) is 5.83. The molecule has 0 saturated heterocycles. The molecule has 2 N–H and O–H groups in total. The highest BCUT2D eigenvalue weighted by Gasteiger charge is 2.24. The summed E-state index contributed by atoms with van der Waals surface area (Å²) in [7, 11) is 1.69.